The van der Waals surface area contributed by atoms with E-state index in [4.69, 9.17) is 4.98 Å². The third kappa shape index (κ3) is 2.81. The Balaban J connectivity index is 1.98. The lowest BCUT2D eigenvalue weighted by Crippen LogP contribution is -1.97. The SMILES string of the molecule is CSc1nnc(-c2cc(-c3ccc(C)cc3)nc3ccccc23)n1C. The molecule has 124 valence electrons. The van der Waals surface area contributed by atoms with E-state index in [-0.39, 0.29) is 0 Å². The van der Waals surface area contributed by atoms with E-state index in [1.54, 1.807) is 11.8 Å². The number of hydrogen-bond acceptors (Lipinski definition) is 4. The van der Waals surface area contributed by atoms with Gasteiger partial charge >= 0.3 is 0 Å². The Morgan fingerprint density at radius 1 is 0.960 bits per heavy atom. The molecule has 0 aliphatic rings. The lowest BCUT2D eigenvalue weighted by molar-refractivity contribution is 0.796. The minimum absolute atomic E-state index is 0.858. The Morgan fingerprint density at radius 2 is 1.72 bits per heavy atom. The molecule has 0 radical (unpaired) electrons. The van der Waals surface area contributed by atoms with Gasteiger partial charge in [0, 0.05) is 23.6 Å². The zero-order valence-electron chi connectivity index (χ0n) is 14.4. The van der Waals surface area contributed by atoms with Crippen molar-refractivity contribution in [2.75, 3.05) is 6.26 Å². The molecule has 0 fully saturated rings. The van der Waals surface area contributed by atoms with E-state index in [2.05, 4.69) is 53.5 Å². The molecule has 2 aromatic heterocycles. The minimum atomic E-state index is 0.858. The summed E-state index contributed by atoms with van der Waals surface area (Å²) in [4.78, 5) is 4.86. The average Bonchev–Trinajstić information content (AvgIpc) is 3.02. The first-order valence-electron chi connectivity index (χ1n) is 8.08. The van der Waals surface area contributed by atoms with Gasteiger partial charge in [-0.3, -0.25) is 0 Å². The number of thioether (sulfide) groups is 1. The summed E-state index contributed by atoms with van der Waals surface area (Å²) in [5.41, 5.74) is 5.30. The molecule has 0 saturated carbocycles. The molecule has 4 rings (SSSR count). The molecule has 0 aliphatic carbocycles. The summed E-state index contributed by atoms with van der Waals surface area (Å²) in [5.74, 6) is 0.858. The quantitative estimate of drug-likeness (QED) is 0.503. The predicted molar refractivity (Wildman–Crippen MR) is 104 cm³/mol. The van der Waals surface area contributed by atoms with Crippen LogP contribution in [0.5, 0.6) is 0 Å². The fraction of sp³-hybridized carbons (Fsp3) is 0.150. The van der Waals surface area contributed by atoms with Crippen LogP contribution in [-0.4, -0.2) is 26.0 Å². The van der Waals surface area contributed by atoms with Gasteiger partial charge in [0.1, 0.15) is 0 Å². The monoisotopic (exact) mass is 346 g/mol. The van der Waals surface area contributed by atoms with Gasteiger partial charge in [-0.2, -0.15) is 0 Å². The Bertz CT molecular complexity index is 1050. The normalized spacial score (nSPS) is 11.2. The van der Waals surface area contributed by atoms with Crippen molar-refractivity contribution in [3.8, 4) is 22.6 Å². The maximum atomic E-state index is 4.86. The van der Waals surface area contributed by atoms with E-state index in [1.165, 1.54) is 5.56 Å². The third-order valence-corrected chi connectivity index (χ3v) is 5.04. The fourth-order valence-electron chi connectivity index (χ4n) is 2.96. The number of pyridine rings is 1. The molecular formula is C20H18N4S. The van der Waals surface area contributed by atoms with Crippen LogP contribution in [0.3, 0.4) is 0 Å². The zero-order valence-corrected chi connectivity index (χ0v) is 15.2. The largest absolute Gasteiger partial charge is 0.305 e. The molecule has 0 N–H and O–H groups in total. The molecule has 0 unspecified atom stereocenters. The van der Waals surface area contributed by atoms with Crippen LogP contribution in [0, 0.1) is 6.92 Å². The zero-order chi connectivity index (χ0) is 17.4. The minimum Gasteiger partial charge on any atom is -0.305 e. The van der Waals surface area contributed by atoms with Crippen molar-refractivity contribution in [1.29, 1.82) is 0 Å². The van der Waals surface area contributed by atoms with Crippen LogP contribution in [0.1, 0.15) is 5.56 Å². The number of fused-ring (bicyclic) bond motifs is 1. The molecule has 4 aromatic rings. The highest BCUT2D eigenvalue weighted by atomic mass is 32.2. The van der Waals surface area contributed by atoms with Gasteiger partial charge in [0.2, 0.25) is 0 Å². The summed E-state index contributed by atoms with van der Waals surface area (Å²) in [6, 6.07) is 18.7. The lowest BCUT2D eigenvalue weighted by Gasteiger charge is -2.10. The van der Waals surface area contributed by atoms with Gasteiger partial charge in [0.25, 0.3) is 0 Å². The number of rotatable bonds is 3. The topological polar surface area (TPSA) is 43.6 Å². The maximum Gasteiger partial charge on any atom is 0.190 e. The highest BCUT2D eigenvalue weighted by Gasteiger charge is 2.15. The van der Waals surface area contributed by atoms with Gasteiger partial charge in [-0.1, -0.05) is 59.8 Å². The average molecular weight is 346 g/mol. The number of aromatic nitrogens is 4. The van der Waals surface area contributed by atoms with Gasteiger partial charge in [-0.05, 0) is 25.3 Å². The molecule has 4 nitrogen and oxygen atoms in total. The van der Waals surface area contributed by atoms with Crippen molar-refractivity contribution >= 4 is 22.7 Å². The van der Waals surface area contributed by atoms with E-state index in [9.17, 15) is 0 Å². The molecule has 0 amide bonds. The standard InChI is InChI=1S/C20H18N4S/c1-13-8-10-14(11-9-13)18-12-16(15-6-4-5-7-17(15)21-18)19-22-23-20(25-3)24(19)2/h4-12H,1-3H3. The van der Waals surface area contributed by atoms with Crippen molar-refractivity contribution in [1.82, 2.24) is 19.7 Å². The summed E-state index contributed by atoms with van der Waals surface area (Å²) < 4.78 is 2.03. The highest BCUT2D eigenvalue weighted by Crippen LogP contribution is 2.32. The van der Waals surface area contributed by atoms with Crippen LogP contribution < -0.4 is 0 Å². The van der Waals surface area contributed by atoms with Crippen molar-refractivity contribution < 1.29 is 0 Å². The maximum absolute atomic E-state index is 4.86. The molecule has 5 heteroatoms. The van der Waals surface area contributed by atoms with Gasteiger partial charge in [-0.25, -0.2) is 4.98 Å². The summed E-state index contributed by atoms with van der Waals surface area (Å²) >= 11 is 1.59. The van der Waals surface area contributed by atoms with Crippen LogP contribution in [0.4, 0.5) is 0 Å². The van der Waals surface area contributed by atoms with Gasteiger partial charge in [0.05, 0.1) is 11.2 Å². The predicted octanol–water partition coefficient (Wildman–Crippen LogP) is 4.73. The number of hydrogen-bond donors (Lipinski definition) is 0. The van der Waals surface area contributed by atoms with E-state index >= 15 is 0 Å². The van der Waals surface area contributed by atoms with Crippen molar-refractivity contribution in [2.45, 2.75) is 12.1 Å². The molecular weight excluding hydrogens is 328 g/mol. The van der Waals surface area contributed by atoms with Crippen LogP contribution in [0.25, 0.3) is 33.5 Å². The van der Waals surface area contributed by atoms with Crippen molar-refractivity contribution in [3.63, 3.8) is 0 Å². The van der Waals surface area contributed by atoms with Crippen molar-refractivity contribution in [2.24, 2.45) is 7.05 Å². The first kappa shape index (κ1) is 15.8. The molecule has 0 aliphatic heterocycles. The van der Waals surface area contributed by atoms with Gasteiger partial charge in [0.15, 0.2) is 11.0 Å². The molecule has 2 heterocycles. The number of nitrogens with zero attached hydrogens (tertiary/aromatic N) is 4. The van der Waals surface area contributed by atoms with Crippen LogP contribution in [0.15, 0.2) is 59.8 Å². The Labute approximate surface area is 150 Å². The molecule has 0 saturated heterocycles. The van der Waals surface area contributed by atoms with Crippen molar-refractivity contribution in [3.05, 3.63) is 60.2 Å². The fourth-order valence-corrected chi connectivity index (χ4v) is 3.44. The van der Waals surface area contributed by atoms with E-state index < -0.39 is 0 Å². The summed E-state index contributed by atoms with van der Waals surface area (Å²) in [5, 5.41) is 10.7. The number of para-hydroxylation sites is 1. The summed E-state index contributed by atoms with van der Waals surface area (Å²) in [6.07, 6.45) is 2.01. The van der Waals surface area contributed by atoms with E-state index in [1.807, 2.05) is 36.1 Å². The second kappa shape index (κ2) is 6.33. The number of aryl methyl sites for hydroxylation is 1. The van der Waals surface area contributed by atoms with E-state index in [0.29, 0.717) is 0 Å². The lowest BCUT2D eigenvalue weighted by atomic mass is 10.0. The Hall–Kier alpha value is -2.66. The second-order valence-corrected chi connectivity index (χ2v) is 6.78. The smallest absolute Gasteiger partial charge is 0.190 e. The van der Waals surface area contributed by atoms with E-state index in [0.717, 1.165) is 38.7 Å². The molecule has 0 spiro atoms. The highest BCUT2D eigenvalue weighted by molar-refractivity contribution is 7.98. The molecule has 25 heavy (non-hydrogen) atoms. The second-order valence-electron chi connectivity index (χ2n) is 6.01. The van der Waals surface area contributed by atoms with Crippen LogP contribution >= 0.6 is 11.8 Å². The molecule has 0 atom stereocenters. The first-order chi connectivity index (χ1) is 12.2. The number of benzene rings is 2. The van der Waals surface area contributed by atoms with Gasteiger partial charge in [-0.15, -0.1) is 10.2 Å². The van der Waals surface area contributed by atoms with Crippen LogP contribution in [-0.2, 0) is 7.05 Å². The third-order valence-electron chi connectivity index (χ3n) is 4.32. The Kier molecular flexibility index (Phi) is 4.01. The molecule has 2 aromatic carbocycles. The van der Waals surface area contributed by atoms with Gasteiger partial charge < -0.3 is 4.57 Å². The molecule has 0 bridgehead atoms. The Morgan fingerprint density at radius 3 is 2.44 bits per heavy atom. The first-order valence-corrected chi connectivity index (χ1v) is 9.30. The summed E-state index contributed by atoms with van der Waals surface area (Å²) in [6.45, 7) is 2.09. The summed E-state index contributed by atoms with van der Waals surface area (Å²) in [7, 11) is 2.00. The van der Waals surface area contributed by atoms with Crippen LogP contribution in [0.2, 0.25) is 0 Å².